The first-order chi connectivity index (χ1) is 9.45. The number of ether oxygens (including phenoxy) is 1. The molecule has 4 nitrogen and oxygen atoms in total. The lowest BCUT2D eigenvalue weighted by Crippen LogP contribution is -2.43. The van der Waals surface area contributed by atoms with Gasteiger partial charge in [-0.1, -0.05) is 13.3 Å². The van der Waals surface area contributed by atoms with Crippen LogP contribution in [0.15, 0.2) is 11.6 Å². The van der Waals surface area contributed by atoms with Gasteiger partial charge in [0.05, 0.1) is 5.60 Å². The van der Waals surface area contributed by atoms with Gasteiger partial charge in [0.1, 0.15) is 0 Å². The van der Waals surface area contributed by atoms with E-state index in [2.05, 4.69) is 31.1 Å². The summed E-state index contributed by atoms with van der Waals surface area (Å²) in [4.78, 5) is 16.4. The maximum atomic E-state index is 12.3. The van der Waals surface area contributed by atoms with E-state index in [-0.39, 0.29) is 16.9 Å². The van der Waals surface area contributed by atoms with Gasteiger partial charge in [-0.3, -0.25) is 4.79 Å². The van der Waals surface area contributed by atoms with Crippen LogP contribution in [0.3, 0.4) is 0 Å². The zero-order chi connectivity index (χ0) is 14.6. The quantitative estimate of drug-likeness (QED) is 0.898. The summed E-state index contributed by atoms with van der Waals surface area (Å²) in [6.45, 7) is 7.17. The highest BCUT2D eigenvalue weighted by Crippen LogP contribution is 2.45. The maximum Gasteiger partial charge on any atom is 0.226 e. The lowest BCUT2D eigenvalue weighted by molar-refractivity contribution is -0.130. The molecule has 1 aliphatic heterocycles. The topological polar surface area (TPSA) is 51.2 Å². The smallest absolute Gasteiger partial charge is 0.226 e. The predicted octanol–water partition coefficient (Wildman–Crippen LogP) is 3.85. The highest BCUT2D eigenvalue weighted by atomic mass is 32.1. The third-order valence-electron chi connectivity index (χ3n) is 3.92. The van der Waals surface area contributed by atoms with Crippen LogP contribution < -0.4 is 5.32 Å². The summed E-state index contributed by atoms with van der Waals surface area (Å²) in [6.07, 6.45) is 6.35. The Balaban J connectivity index is 2.03. The van der Waals surface area contributed by atoms with Crippen molar-refractivity contribution >= 4 is 22.4 Å². The molecule has 2 rings (SSSR count). The number of thiazole rings is 1. The Bertz CT molecular complexity index is 441. The highest BCUT2D eigenvalue weighted by molar-refractivity contribution is 7.13. The van der Waals surface area contributed by atoms with Crippen LogP contribution in [0.25, 0.3) is 0 Å². The van der Waals surface area contributed by atoms with Gasteiger partial charge in [-0.15, -0.1) is 11.3 Å². The van der Waals surface area contributed by atoms with Gasteiger partial charge in [0, 0.05) is 24.6 Å². The van der Waals surface area contributed by atoms with Gasteiger partial charge in [-0.25, -0.2) is 4.98 Å². The Morgan fingerprint density at radius 1 is 1.55 bits per heavy atom. The molecule has 112 valence electrons. The number of nitrogens with one attached hydrogen (secondary N) is 1. The van der Waals surface area contributed by atoms with Crippen molar-refractivity contribution in [3.63, 3.8) is 0 Å². The van der Waals surface area contributed by atoms with Crippen molar-refractivity contribution in [1.29, 1.82) is 0 Å². The average molecular weight is 296 g/mol. The molecule has 1 N–H and O–H groups in total. The number of carbonyl (C=O) groups excluding carboxylic acids is 1. The minimum atomic E-state index is -0.130. The van der Waals surface area contributed by atoms with Gasteiger partial charge in [0.25, 0.3) is 0 Å². The van der Waals surface area contributed by atoms with Crippen molar-refractivity contribution in [3.05, 3.63) is 11.6 Å². The maximum absolute atomic E-state index is 12.3. The minimum Gasteiger partial charge on any atom is -0.376 e. The number of anilines is 1. The number of aromatic nitrogens is 1. The van der Waals surface area contributed by atoms with Crippen LogP contribution in [-0.2, 0) is 9.53 Å². The molecule has 1 aromatic heterocycles. The summed E-state index contributed by atoms with van der Waals surface area (Å²) in [5.41, 5.74) is -0.0628. The number of hydrogen-bond acceptors (Lipinski definition) is 4. The lowest BCUT2D eigenvalue weighted by atomic mass is 9.69. The molecule has 0 radical (unpaired) electrons. The standard InChI is InChI=1S/C15H24N2O2S/c1-4-5-15(6-8-19-14(2,3)11-15)10-12(18)17-13-16-7-9-20-13/h7,9H,4-6,8,10-11H2,1-3H3,(H,16,17,18). The summed E-state index contributed by atoms with van der Waals surface area (Å²) in [5.74, 6) is 0.0751. The monoisotopic (exact) mass is 296 g/mol. The van der Waals surface area contributed by atoms with E-state index in [9.17, 15) is 4.79 Å². The first-order valence-corrected chi connectivity index (χ1v) is 8.16. The molecule has 0 spiro atoms. The van der Waals surface area contributed by atoms with Gasteiger partial charge in [0.15, 0.2) is 5.13 Å². The summed E-state index contributed by atoms with van der Waals surface area (Å²) in [6, 6.07) is 0. The van der Waals surface area contributed by atoms with E-state index < -0.39 is 0 Å². The van der Waals surface area contributed by atoms with Crippen LogP contribution in [0.4, 0.5) is 5.13 Å². The minimum absolute atomic E-state index is 0.0673. The Kier molecular flexibility index (Phi) is 4.81. The molecular weight excluding hydrogens is 272 g/mol. The van der Waals surface area contributed by atoms with E-state index in [4.69, 9.17) is 4.74 Å². The molecule has 0 aromatic carbocycles. The van der Waals surface area contributed by atoms with Gasteiger partial charge in [0.2, 0.25) is 5.91 Å². The Morgan fingerprint density at radius 2 is 2.35 bits per heavy atom. The molecule has 1 aliphatic rings. The van der Waals surface area contributed by atoms with Crippen LogP contribution in [0.1, 0.15) is 52.9 Å². The number of rotatable bonds is 5. The van der Waals surface area contributed by atoms with E-state index in [0.717, 1.165) is 32.3 Å². The molecule has 1 amide bonds. The van der Waals surface area contributed by atoms with Crippen LogP contribution in [0, 0.1) is 5.41 Å². The highest BCUT2D eigenvalue weighted by Gasteiger charge is 2.41. The summed E-state index contributed by atoms with van der Waals surface area (Å²) >= 11 is 1.46. The molecule has 0 aliphatic carbocycles. The van der Waals surface area contributed by atoms with Gasteiger partial charge >= 0.3 is 0 Å². The molecule has 1 unspecified atom stereocenters. The molecule has 0 saturated carbocycles. The predicted molar refractivity (Wildman–Crippen MR) is 82.0 cm³/mol. The molecule has 0 bridgehead atoms. The van der Waals surface area contributed by atoms with Crippen molar-refractivity contribution in [3.8, 4) is 0 Å². The largest absolute Gasteiger partial charge is 0.376 e. The Labute approximate surface area is 124 Å². The number of amides is 1. The summed E-state index contributed by atoms with van der Waals surface area (Å²) in [7, 11) is 0. The van der Waals surface area contributed by atoms with Gasteiger partial charge < -0.3 is 10.1 Å². The van der Waals surface area contributed by atoms with Crippen molar-refractivity contribution < 1.29 is 9.53 Å². The average Bonchev–Trinajstić information content (AvgIpc) is 2.79. The first kappa shape index (κ1) is 15.4. The summed E-state index contributed by atoms with van der Waals surface area (Å²) < 4.78 is 5.81. The number of nitrogens with zero attached hydrogens (tertiary/aromatic N) is 1. The van der Waals surface area contributed by atoms with E-state index >= 15 is 0 Å². The van der Waals surface area contributed by atoms with Crippen molar-refractivity contribution in [1.82, 2.24) is 4.98 Å². The molecule has 1 fully saturated rings. The molecule has 5 heteroatoms. The van der Waals surface area contributed by atoms with Crippen LogP contribution >= 0.6 is 11.3 Å². The fourth-order valence-electron chi connectivity index (χ4n) is 3.36. The normalized spacial score (nSPS) is 25.4. The Morgan fingerprint density at radius 3 is 2.95 bits per heavy atom. The van der Waals surface area contributed by atoms with E-state index in [1.165, 1.54) is 11.3 Å². The van der Waals surface area contributed by atoms with E-state index in [0.29, 0.717) is 11.6 Å². The van der Waals surface area contributed by atoms with Gasteiger partial charge in [-0.05, 0) is 38.5 Å². The van der Waals surface area contributed by atoms with E-state index in [1.807, 2.05) is 5.38 Å². The van der Waals surface area contributed by atoms with Crippen molar-refractivity contribution in [2.24, 2.45) is 5.41 Å². The van der Waals surface area contributed by atoms with E-state index in [1.54, 1.807) is 6.20 Å². The first-order valence-electron chi connectivity index (χ1n) is 7.28. The molecular formula is C15H24N2O2S. The molecule has 20 heavy (non-hydrogen) atoms. The fourth-order valence-corrected chi connectivity index (χ4v) is 3.90. The number of hydrogen-bond donors (Lipinski definition) is 1. The second kappa shape index (κ2) is 6.22. The third-order valence-corrected chi connectivity index (χ3v) is 4.61. The third kappa shape index (κ3) is 4.03. The zero-order valence-corrected chi connectivity index (χ0v) is 13.4. The summed E-state index contributed by atoms with van der Waals surface area (Å²) in [5, 5.41) is 5.47. The molecule has 2 heterocycles. The van der Waals surface area contributed by atoms with Crippen molar-refractivity contribution in [2.45, 2.75) is 58.5 Å². The van der Waals surface area contributed by atoms with Crippen LogP contribution in [0.2, 0.25) is 0 Å². The molecule has 1 aromatic rings. The SMILES string of the molecule is CCCC1(CC(=O)Nc2nccs2)CCOC(C)(C)C1. The Hall–Kier alpha value is -0.940. The lowest BCUT2D eigenvalue weighted by Gasteiger charge is -2.44. The van der Waals surface area contributed by atoms with Crippen LogP contribution in [-0.4, -0.2) is 23.1 Å². The molecule has 1 saturated heterocycles. The number of carbonyl (C=O) groups is 1. The van der Waals surface area contributed by atoms with Crippen molar-refractivity contribution in [2.75, 3.05) is 11.9 Å². The van der Waals surface area contributed by atoms with Crippen LogP contribution in [0.5, 0.6) is 0 Å². The zero-order valence-electron chi connectivity index (χ0n) is 12.6. The second-order valence-corrected chi connectivity index (χ2v) is 7.24. The molecule has 1 atom stereocenters. The fraction of sp³-hybridized carbons (Fsp3) is 0.733. The van der Waals surface area contributed by atoms with Gasteiger partial charge in [-0.2, -0.15) is 0 Å². The second-order valence-electron chi connectivity index (χ2n) is 6.35.